The number of amides is 1. The predicted molar refractivity (Wildman–Crippen MR) is 81.2 cm³/mol. The average Bonchev–Trinajstić information content (AvgIpc) is 2.41. The van der Waals surface area contributed by atoms with Gasteiger partial charge >= 0.3 is 0 Å². The second-order valence-electron chi connectivity index (χ2n) is 5.49. The summed E-state index contributed by atoms with van der Waals surface area (Å²) in [6.07, 6.45) is 2.95. The highest BCUT2D eigenvalue weighted by molar-refractivity contribution is 5.97. The molecule has 0 saturated heterocycles. The van der Waals surface area contributed by atoms with Crippen molar-refractivity contribution in [2.24, 2.45) is 0 Å². The van der Waals surface area contributed by atoms with E-state index < -0.39 is 6.10 Å². The maximum atomic E-state index is 11.6. The quantitative estimate of drug-likeness (QED) is 0.785. The first-order valence-corrected chi connectivity index (χ1v) is 7.44. The van der Waals surface area contributed by atoms with Gasteiger partial charge in [-0.2, -0.15) is 0 Å². The lowest BCUT2D eigenvalue weighted by Gasteiger charge is -2.24. The summed E-state index contributed by atoms with van der Waals surface area (Å²) < 4.78 is 5.56. The minimum Gasteiger partial charge on any atom is -0.479 e. The van der Waals surface area contributed by atoms with Crippen molar-refractivity contribution in [2.75, 3.05) is 11.9 Å². The lowest BCUT2D eigenvalue weighted by atomic mass is 10.0. The zero-order chi connectivity index (χ0) is 14.5. The Hall–Kier alpha value is -1.55. The Kier molecular flexibility index (Phi) is 5.01. The Bertz CT molecular complexity index is 474. The summed E-state index contributed by atoms with van der Waals surface area (Å²) in [7, 11) is 0. The van der Waals surface area contributed by atoms with Crippen molar-refractivity contribution in [2.45, 2.75) is 52.2 Å². The molecule has 0 spiro atoms. The molecule has 0 aromatic heterocycles. The molecule has 20 heavy (non-hydrogen) atoms. The number of hydrogen-bond acceptors (Lipinski definition) is 3. The van der Waals surface area contributed by atoms with Crippen LogP contribution in [0.2, 0.25) is 0 Å². The van der Waals surface area contributed by atoms with E-state index >= 15 is 0 Å². The van der Waals surface area contributed by atoms with E-state index in [1.165, 1.54) is 18.4 Å². The van der Waals surface area contributed by atoms with E-state index in [2.05, 4.69) is 30.5 Å². The molecule has 1 aliphatic heterocycles. The van der Waals surface area contributed by atoms with Crippen LogP contribution in [-0.2, 0) is 11.2 Å². The number of unbranched alkanes of at least 4 members (excludes halogenated alkanes) is 1. The van der Waals surface area contributed by atoms with Crippen LogP contribution in [0.4, 0.5) is 5.69 Å². The summed E-state index contributed by atoms with van der Waals surface area (Å²) >= 11 is 0. The van der Waals surface area contributed by atoms with Gasteiger partial charge in [0.05, 0.1) is 5.69 Å². The number of anilines is 1. The zero-order valence-electron chi connectivity index (χ0n) is 12.5. The van der Waals surface area contributed by atoms with Gasteiger partial charge in [-0.25, -0.2) is 0 Å². The lowest BCUT2D eigenvalue weighted by molar-refractivity contribution is -0.122. The molecular weight excluding hydrogens is 252 g/mol. The maximum Gasteiger partial charge on any atom is 0.265 e. The van der Waals surface area contributed by atoms with Crippen LogP contribution in [0.25, 0.3) is 0 Å². The van der Waals surface area contributed by atoms with Crippen molar-refractivity contribution in [1.82, 2.24) is 5.32 Å². The molecule has 1 heterocycles. The Morgan fingerprint density at radius 2 is 2.25 bits per heavy atom. The highest BCUT2D eigenvalue weighted by Crippen LogP contribution is 2.30. The van der Waals surface area contributed by atoms with Crippen LogP contribution in [0.1, 0.15) is 39.2 Å². The summed E-state index contributed by atoms with van der Waals surface area (Å²) in [6, 6.07) is 6.45. The van der Waals surface area contributed by atoms with Crippen LogP contribution in [0.5, 0.6) is 5.75 Å². The molecule has 1 aromatic carbocycles. The second kappa shape index (κ2) is 6.75. The van der Waals surface area contributed by atoms with E-state index in [0.29, 0.717) is 6.04 Å². The molecule has 110 valence electrons. The van der Waals surface area contributed by atoms with E-state index in [-0.39, 0.29) is 5.91 Å². The fourth-order valence-electron chi connectivity index (χ4n) is 2.33. The topological polar surface area (TPSA) is 50.4 Å². The van der Waals surface area contributed by atoms with Gasteiger partial charge in [0.2, 0.25) is 0 Å². The molecule has 0 bridgehead atoms. The summed E-state index contributed by atoms with van der Waals surface area (Å²) in [4.78, 5) is 11.6. The van der Waals surface area contributed by atoms with Crippen molar-refractivity contribution < 1.29 is 9.53 Å². The van der Waals surface area contributed by atoms with E-state index in [0.717, 1.165) is 24.4 Å². The summed E-state index contributed by atoms with van der Waals surface area (Å²) in [6.45, 7) is 7.19. The molecule has 1 aliphatic rings. The first-order valence-electron chi connectivity index (χ1n) is 7.44. The SMILES string of the molecule is CCCCNC(C)Cc1ccc2c(c1)NC(=O)C(C)O2. The molecule has 0 radical (unpaired) electrons. The van der Waals surface area contributed by atoms with Gasteiger partial charge < -0.3 is 15.4 Å². The molecule has 0 saturated carbocycles. The number of carbonyl (C=O) groups excluding carboxylic acids is 1. The highest BCUT2D eigenvalue weighted by Gasteiger charge is 2.23. The molecule has 2 unspecified atom stereocenters. The summed E-state index contributed by atoms with van der Waals surface area (Å²) in [5, 5.41) is 6.40. The third kappa shape index (κ3) is 3.73. The number of carbonyl (C=O) groups is 1. The maximum absolute atomic E-state index is 11.6. The molecule has 2 atom stereocenters. The number of ether oxygens (including phenoxy) is 1. The first-order chi connectivity index (χ1) is 9.60. The predicted octanol–water partition coefficient (Wildman–Crippen LogP) is 2.73. The second-order valence-corrected chi connectivity index (χ2v) is 5.49. The van der Waals surface area contributed by atoms with Gasteiger partial charge in [-0.05, 0) is 50.9 Å². The Labute approximate surface area is 120 Å². The van der Waals surface area contributed by atoms with Crippen LogP contribution < -0.4 is 15.4 Å². The molecule has 1 amide bonds. The van der Waals surface area contributed by atoms with Gasteiger partial charge in [-0.15, -0.1) is 0 Å². The van der Waals surface area contributed by atoms with Gasteiger partial charge in [0, 0.05) is 6.04 Å². The normalized spacial score (nSPS) is 18.9. The van der Waals surface area contributed by atoms with Gasteiger partial charge in [0.25, 0.3) is 5.91 Å². The highest BCUT2D eigenvalue weighted by atomic mass is 16.5. The molecule has 4 nitrogen and oxygen atoms in total. The monoisotopic (exact) mass is 276 g/mol. The van der Waals surface area contributed by atoms with Crippen LogP contribution in [0, 0.1) is 0 Å². The van der Waals surface area contributed by atoms with Gasteiger partial charge in [-0.1, -0.05) is 19.4 Å². The third-order valence-corrected chi connectivity index (χ3v) is 3.54. The molecule has 2 N–H and O–H groups in total. The number of benzene rings is 1. The van der Waals surface area contributed by atoms with E-state index in [1.807, 2.05) is 12.1 Å². The Morgan fingerprint density at radius 3 is 3.00 bits per heavy atom. The van der Waals surface area contributed by atoms with Crippen molar-refractivity contribution in [1.29, 1.82) is 0 Å². The fraction of sp³-hybridized carbons (Fsp3) is 0.562. The van der Waals surface area contributed by atoms with Crippen LogP contribution >= 0.6 is 0 Å². The van der Waals surface area contributed by atoms with Crippen LogP contribution in [0.15, 0.2) is 18.2 Å². The van der Waals surface area contributed by atoms with Gasteiger partial charge in [0.1, 0.15) is 5.75 Å². The third-order valence-electron chi connectivity index (χ3n) is 3.54. The number of rotatable bonds is 6. The number of fused-ring (bicyclic) bond motifs is 1. The molecule has 1 aromatic rings. The van der Waals surface area contributed by atoms with Crippen molar-refractivity contribution in [3.8, 4) is 5.75 Å². The lowest BCUT2D eigenvalue weighted by Crippen LogP contribution is -2.34. The van der Waals surface area contributed by atoms with E-state index in [1.54, 1.807) is 6.92 Å². The summed E-state index contributed by atoms with van der Waals surface area (Å²) in [5.74, 6) is 0.677. The minimum absolute atomic E-state index is 0.0798. The molecular formula is C16H24N2O2. The first kappa shape index (κ1) is 14.9. The van der Waals surface area contributed by atoms with Crippen LogP contribution in [0.3, 0.4) is 0 Å². The Morgan fingerprint density at radius 1 is 1.45 bits per heavy atom. The van der Waals surface area contributed by atoms with Crippen molar-refractivity contribution >= 4 is 11.6 Å². The largest absolute Gasteiger partial charge is 0.479 e. The molecule has 4 heteroatoms. The van der Waals surface area contributed by atoms with Crippen molar-refractivity contribution in [3.05, 3.63) is 23.8 Å². The smallest absolute Gasteiger partial charge is 0.265 e. The standard InChI is InChI=1S/C16H24N2O2/c1-4-5-8-17-11(2)9-13-6-7-15-14(10-13)18-16(19)12(3)20-15/h6-7,10-12,17H,4-5,8-9H2,1-3H3,(H,18,19). The van der Waals surface area contributed by atoms with E-state index in [9.17, 15) is 4.79 Å². The molecule has 2 rings (SSSR count). The molecule has 0 aliphatic carbocycles. The zero-order valence-corrected chi connectivity index (χ0v) is 12.5. The van der Waals surface area contributed by atoms with E-state index in [4.69, 9.17) is 4.74 Å². The number of nitrogens with one attached hydrogen (secondary N) is 2. The minimum atomic E-state index is -0.414. The Balaban J connectivity index is 1.97. The average molecular weight is 276 g/mol. The number of hydrogen-bond donors (Lipinski definition) is 2. The summed E-state index contributed by atoms with van der Waals surface area (Å²) in [5.41, 5.74) is 1.99. The van der Waals surface area contributed by atoms with Crippen molar-refractivity contribution in [3.63, 3.8) is 0 Å². The van der Waals surface area contributed by atoms with Crippen LogP contribution in [-0.4, -0.2) is 24.6 Å². The van der Waals surface area contributed by atoms with Gasteiger partial charge in [0.15, 0.2) is 6.10 Å². The fourth-order valence-corrected chi connectivity index (χ4v) is 2.33. The molecule has 0 fully saturated rings. The van der Waals surface area contributed by atoms with Gasteiger partial charge in [-0.3, -0.25) is 4.79 Å².